The minimum atomic E-state index is -3.65. The fraction of sp³-hybridized carbons (Fsp3) is 0.348. The van der Waals surface area contributed by atoms with Crippen molar-refractivity contribution < 1.29 is 13.2 Å². The van der Waals surface area contributed by atoms with E-state index in [2.05, 4.69) is 10.00 Å². The average molecular weight is 441 g/mol. The van der Waals surface area contributed by atoms with E-state index in [9.17, 15) is 8.42 Å². The second-order valence-corrected chi connectivity index (χ2v) is 9.69. The Morgan fingerprint density at radius 2 is 1.55 bits per heavy atom. The SMILES string of the molecule is COc1ccccc1N1CCN(S(=O)(=O)c2c(C)nn(-c3ccc(C)cc3)c2C)CC1. The maximum Gasteiger partial charge on any atom is 0.246 e. The Kier molecular flexibility index (Phi) is 5.77. The molecule has 1 saturated heterocycles. The Labute approximate surface area is 183 Å². The summed E-state index contributed by atoms with van der Waals surface area (Å²) >= 11 is 0. The molecule has 0 atom stereocenters. The van der Waals surface area contributed by atoms with Crippen LogP contribution < -0.4 is 9.64 Å². The van der Waals surface area contributed by atoms with Crippen LogP contribution in [0.4, 0.5) is 5.69 Å². The largest absolute Gasteiger partial charge is 0.495 e. The lowest BCUT2D eigenvalue weighted by Gasteiger charge is -2.35. The summed E-state index contributed by atoms with van der Waals surface area (Å²) in [6, 6.07) is 15.7. The van der Waals surface area contributed by atoms with Crippen LogP contribution in [0.25, 0.3) is 5.69 Å². The van der Waals surface area contributed by atoms with Crippen molar-refractivity contribution in [2.24, 2.45) is 0 Å². The monoisotopic (exact) mass is 440 g/mol. The Balaban J connectivity index is 1.58. The number of nitrogens with zero attached hydrogens (tertiary/aromatic N) is 4. The molecule has 0 radical (unpaired) electrons. The molecule has 8 heteroatoms. The third kappa shape index (κ3) is 3.93. The van der Waals surface area contributed by atoms with Crippen LogP contribution in [0, 0.1) is 20.8 Å². The van der Waals surface area contributed by atoms with Crippen molar-refractivity contribution in [1.82, 2.24) is 14.1 Å². The number of hydrogen-bond donors (Lipinski definition) is 0. The Morgan fingerprint density at radius 3 is 2.19 bits per heavy atom. The number of aryl methyl sites for hydroxylation is 2. The number of para-hydroxylation sites is 2. The Bertz CT molecular complexity index is 1180. The molecule has 1 aromatic heterocycles. The first kappa shape index (κ1) is 21.4. The minimum absolute atomic E-state index is 0.304. The molecule has 1 aliphatic rings. The molecule has 4 rings (SSSR count). The van der Waals surface area contributed by atoms with Crippen LogP contribution in [0.5, 0.6) is 5.75 Å². The zero-order valence-corrected chi connectivity index (χ0v) is 19.2. The average Bonchev–Trinajstić information content (AvgIpc) is 3.08. The molecule has 2 aromatic carbocycles. The molecule has 0 amide bonds. The van der Waals surface area contributed by atoms with Crippen molar-refractivity contribution in [2.75, 3.05) is 38.2 Å². The summed E-state index contributed by atoms with van der Waals surface area (Å²) in [7, 11) is -2.00. The van der Waals surface area contributed by atoms with Gasteiger partial charge in [-0.05, 0) is 45.0 Å². The van der Waals surface area contributed by atoms with Gasteiger partial charge in [-0.25, -0.2) is 13.1 Å². The number of sulfonamides is 1. The smallest absolute Gasteiger partial charge is 0.246 e. The van der Waals surface area contributed by atoms with E-state index in [0.717, 1.165) is 22.7 Å². The summed E-state index contributed by atoms with van der Waals surface area (Å²) in [6.07, 6.45) is 0. The molecular weight excluding hydrogens is 412 g/mol. The summed E-state index contributed by atoms with van der Waals surface area (Å²) in [5.74, 6) is 0.796. The maximum absolute atomic E-state index is 13.5. The highest BCUT2D eigenvalue weighted by atomic mass is 32.2. The van der Waals surface area contributed by atoms with Gasteiger partial charge in [-0.2, -0.15) is 9.40 Å². The van der Waals surface area contributed by atoms with Crippen LogP contribution in [0.15, 0.2) is 53.4 Å². The second-order valence-electron chi connectivity index (χ2n) is 7.81. The fourth-order valence-electron chi connectivity index (χ4n) is 4.13. The number of piperazine rings is 1. The molecule has 3 aromatic rings. The number of rotatable bonds is 5. The molecule has 0 unspecified atom stereocenters. The maximum atomic E-state index is 13.5. The predicted molar refractivity (Wildman–Crippen MR) is 122 cm³/mol. The number of aromatic nitrogens is 2. The topological polar surface area (TPSA) is 67.7 Å². The minimum Gasteiger partial charge on any atom is -0.495 e. The van der Waals surface area contributed by atoms with E-state index in [1.54, 1.807) is 23.0 Å². The van der Waals surface area contributed by atoms with Crippen LogP contribution in [0.1, 0.15) is 17.0 Å². The van der Waals surface area contributed by atoms with Crippen LogP contribution in [-0.4, -0.2) is 55.8 Å². The number of benzene rings is 2. The van der Waals surface area contributed by atoms with E-state index < -0.39 is 10.0 Å². The third-order valence-corrected chi connectivity index (χ3v) is 7.92. The lowest BCUT2D eigenvalue weighted by molar-refractivity contribution is 0.378. The quantitative estimate of drug-likeness (QED) is 0.609. The molecule has 0 bridgehead atoms. The number of methoxy groups -OCH3 is 1. The number of hydrogen-bond acceptors (Lipinski definition) is 5. The van der Waals surface area contributed by atoms with Gasteiger partial charge in [-0.15, -0.1) is 0 Å². The summed E-state index contributed by atoms with van der Waals surface area (Å²) in [6.45, 7) is 7.62. The van der Waals surface area contributed by atoms with E-state index in [1.807, 2.05) is 62.4 Å². The molecule has 0 saturated carbocycles. The van der Waals surface area contributed by atoms with Gasteiger partial charge in [0.25, 0.3) is 0 Å². The third-order valence-electron chi connectivity index (χ3n) is 5.77. The fourth-order valence-corrected chi connectivity index (χ4v) is 5.90. The van der Waals surface area contributed by atoms with Crippen LogP contribution in [0.2, 0.25) is 0 Å². The lowest BCUT2D eigenvalue weighted by Crippen LogP contribution is -2.48. The first-order valence-electron chi connectivity index (χ1n) is 10.3. The highest BCUT2D eigenvalue weighted by Crippen LogP contribution is 2.31. The molecule has 0 spiro atoms. The van der Waals surface area contributed by atoms with Crippen molar-refractivity contribution in [3.8, 4) is 11.4 Å². The summed E-state index contributed by atoms with van der Waals surface area (Å²) in [5, 5.41) is 4.54. The molecule has 31 heavy (non-hydrogen) atoms. The van der Waals surface area contributed by atoms with Crippen molar-refractivity contribution in [2.45, 2.75) is 25.7 Å². The van der Waals surface area contributed by atoms with Gasteiger partial charge in [0, 0.05) is 26.2 Å². The van der Waals surface area contributed by atoms with Gasteiger partial charge in [-0.1, -0.05) is 29.8 Å². The van der Waals surface area contributed by atoms with Crippen molar-refractivity contribution in [3.05, 3.63) is 65.5 Å². The summed E-state index contributed by atoms with van der Waals surface area (Å²) < 4.78 is 35.8. The van der Waals surface area contributed by atoms with Gasteiger partial charge in [-0.3, -0.25) is 0 Å². The zero-order valence-electron chi connectivity index (χ0n) is 18.4. The van der Waals surface area contributed by atoms with Gasteiger partial charge in [0.2, 0.25) is 10.0 Å². The first-order valence-corrected chi connectivity index (χ1v) is 11.8. The van der Waals surface area contributed by atoms with Crippen LogP contribution in [-0.2, 0) is 10.0 Å². The van der Waals surface area contributed by atoms with Gasteiger partial charge in [0.05, 0.1) is 29.9 Å². The lowest BCUT2D eigenvalue weighted by atomic mass is 10.2. The highest BCUT2D eigenvalue weighted by molar-refractivity contribution is 7.89. The van der Waals surface area contributed by atoms with Crippen molar-refractivity contribution in [1.29, 1.82) is 0 Å². The molecule has 0 aliphatic carbocycles. The van der Waals surface area contributed by atoms with Gasteiger partial charge in [0.15, 0.2) is 0 Å². The van der Waals surface area contributed by atoms with E-state index in [1.165, 1.54) is 0 Å². The van der Waals surface area contributed by atoms with Gasteiger partial charge >= 0.3 is 0 Å². The highest BCUT2D eigenvalue weighted by Gasteiger charge is 2.34. The zero-order chi connectivity index (χ0) is 22.2. The second kappa shape index (κ2) is 8.36. The summed E-state index contributed by atoms with van der Waals surface area (Å²) in [4.78, 5) is 2.47. The summed E-state index contributed by atoms with van der Waals surface area (Å²) in [5.41, 5.74) is 4.14. The Hall–Kier alpha value is -2.84. The van der Waals surface area contributed by atoms with Gasteiger partial charge in [0.1, 0.15) is 10.6 Å². The first-order chi connectivity index (χ1) is 14.8. The van der Waals surface area contributed by atoms with Crippen LogP contribution in [0.3, 0.4) is 0 Å². The number of anilines is 1. The molecule has 1 aliphatic heterocycles. The Morgan fingerprint density at radius 1 is 0.903 bits per heavy atom. The normalized spacial score (nSPS) is 15.3. The molecular formula is C23H28N4O3S. The van der Waals surface area contributed by atoms with E-state index >= 15 is 0 Å². The van der Waals surface area contributed by atoms with E-state index in [-0.39, 0.29) is 0 Å². The van der Waals surface area contributed by atoms with Crippen molar-refractivity contribution in [3.63, 3.8) is 0 Å². The van der Waals surface area contributed by atoms with Crippen molar-refractivity contribution >= 4 is 15.7 Å². The standard InChI is InChI=1S/C23H28N4O3S/c1-17-9-11-20(12-10-17)27-19(3)23(18(2)24-27)31(28,29)26-15-13-25(14-16-26)21-7-5-6-8-22(21)30-4/h5-12H,13-16H2,1-4H3. The van der Waals surface area contributed by atoms with Gasteiger partial charge < -0.3 is 9.64 Å². The molecule has 7 nitrogen and oxygen atoms in total. The van der Waals surface area contributed by atoms with E-state index in [4.69, 9.17) is 4.74 Å². The van der Waals surface area contributed by atoms with Crippen LogP contribution >= 0.6 is 0 Å². The molecule has 1 fully saturated rings. The molecule has 164 valence electrons. The molecule has 2 heterocycles. The number of ether oxygens (including phenoxy) is 1. The molecule has 0 N–H and O–H groups in total. The predicted octanol–water partition coefficient (Wildman–Crippen LogP) is 3.32. The van der Waals surface area contributed by atoms with E-state index in [0.29, 0.717) is 42.5 Å².